The monoisotopic (exact) mass is 592 g/mol. The van der Waals surface area contributed by atoms with Crippen LogP contribution in [0.5, 0.6) is 23.0 Å². The van der Waals surface area contributed by atoms with Gasteiger partial charge in [0.1, 0.15) is 41.3 Å². The van der Waals surface area contributed by atoms with Crippen LogP contribution in [0, 0.1) is 11.8 Å². The zero-order valence-corrected chi connectivity index (χ0v) is 23.9. The third-order valence-corrected chi connectivity index (χ3v) is 8.47. The fourth-order valence-corrected chi connectivity index (χ4v) is 6.39. The van der Waals surface area contributed by atoms with Crippen molar-refractivity contribution in [3.05, 3.63) is 47.5 Å². The molecular weight excluding hydrogens is 556 g/mol. The van der Waals surface area contributed by atoms with Gasteiger partial charge in [-0.2, -0.15) is 0 Å². The average Bonchev–Trinajstić information content (AvgIpc) is 3.38. The number of benzene rings is 2. The van der Waals surface area contributed by atoms with Gasteiger partial charge in [-0.15, -0.1) is 0 Å². The molecule has 1 saturated heterocycles. The number of aliphatic hydroxyl groups is 4. The molecule has 230 valence electrons. The Kier molecular flexibility index (Phi) is 8.29. The van der Waals surface area contributed by atoms with Gasteiger partial charge in [0.05, 0.1) is 46.0 Å². The van der Waals surface area contributed by atoms with Crippen LogP contribution in [0.4, 0.5) is 0 Å². The summed E-state index contributed by atoms with van der Waals surface area (Å²) in [5.74, 6) is -1.65. The van der Waals surface area contributed by atoms with Crippen LogP contribution in [0.25, 0.3) is 0 Å². The zero-order valence-electron chi connectivity index (χ0n) is 23.9. The van der Waals surface area contributed by atoms with Crippen LogP contribution in [0.15, 0.2) is 36.4 Å². The van der Waals surface area contributed by atoms with E-state index in [1.54, 1.807) is 31.2 Å². The van der Waals surface area contributed by atoms with E-state index in [1.807, 2.05) is 0 Å². The molecule has 3 aliphatic rings. The summed E-state index contributed by atoms with van der Waals surface area (Å²) in [6.07, 6.45) is -5.87. The van der Waals surface area contributed by atoms with Gasteiger partial charge < -0.3 is 58.3 Å². The third kappa shape index (κ3) is 4.39. The fraction of sp³-hybridized carbons (Fsp3) is 0.552. The number of carbonyl (C=O) groups is 1. The summed E-state index contributed by atoms with van der Waals surface area (Å²) in [5.41, 5.74) is -3.21. The van der Waals surface area contributed by atoms with E-state index in [9.17, 15) is 25.2 Å². The average molecular weight is 593 g/mol. The van der Waals surface area contributed by atoms with Gasteiger partial charge in [-0.1, -0.05) is 19.1 Å². The number of ether oxygens (including phenoxy) is 8. The van der Waals surface area contributed by atoms with Crippen molar-refractivity contribution in [2.75, 3.05) is 41.7 Å². The van der Waals surface area contributed by atoms with E-state index in [0.717, 1.165) is 0 Å². The first kappa shape index (κ1) is 30.3. The molecule has 13 heteroatoms. The van der Waals surface area contributed by atoms with Crippen molar-refractivity contribution in [3.63, 3.8) is 0 Å². The number of esters is 1. The van der Waals surface area contributed by atoms with Crippen molar-refractivity contribution in [1.29, 1.82) is 0 Å². The highest BCUT2D eigenvalue weighted by atomic mass is 16.8. The Morgan fingerprint density at radius 1 is 1.07 bits per heavy atom. The van der Waals surface area contributed by atoms with Gasteiger partial charge in [-0.05, 0) is 17.7 Å². The van der Waals surface area contributed by atoms with E-state index >= 15 is 0 Å². The smallest absolute Gasteiger partial charge is 0.311 e. The molecule has 0 radical (unpaired) electrons. The van der Waals surface area contributed by atoms with Crippen LogP contribution in [0.2, 0.25) is 0 Å². The number of methoxy groups -OCH3 is 4. The van der Waals surface area contributed by atoms with Crippen molar-refractivity contribution in [1.82, 2.24) is 0 Å². The van der Waals surface area contributed by atoms with Gasteiger partial charge in [0.25, 0.3) is 6.29 Å². The zero-order chi connectivity index (χ0) is 30.4. The topological polar surface area (TPSA) is 172 Å². The maximum atomic E-state index is 12.9. The number of carbonyl (C=O) groups excluding carboxylic acids is 1. The molecule has 2 aromatic carbocycles. The van der Waals surface area contributed by atoms with Crippen LogP contribution in [0.1, 0.15) is 18.1 Å². The van der Waals surface area contributed by atoms with Gasteiger partial charge in [-0.25, -0.2) is 0 Å². The first-order valence-electron chi connectivity index (χ1n) is 13.4. The van der Waals surface area contributed by atoms with E-state index in [1.165, 1.54) is 40.6 Å². The highest BCUT2D eigenvalue weighted by Gasteiger charge is 2.77. The van der Waals surface area contributed by atoms with Gasteiger partial charge in [0, 0.05) is 25.2 Å². The van der Waals surface area contributed by atoms with Crippen molar-refractivity contribution >= 4 is 5.97 Å². The molecule has 0 bridgehead atoms. The SMILES string of the molecule is COC(=O)[C@H]1[C@@H](O)[C@@]2(O)c3c(OC)cc(O[C@@H]4O[C@@H]([C@H](O)CO)CO[C@H]4OC)cc3O[C@@]2(c2ccc(OC)cc2)[C@@H]1C. The number of fused-ring (bicyclic) bond motifs is 3. The lowest BCUT2D eigenvalue weighted by Gasteiger charge is -2.39. The van der Waals surface area contributed by atoms with Gasteiger partial charge in [0.15, 0.2) is 11.2 Å². The number of aliphatic hydroxyl groups excluding tert-OH is 3. The van der Waals surface area contributed by atoms with Crippen LogP contribution < -0.4 is 18.9 Å². The molecule has 2 aliphatic heterocycles. The van der Waals surface area contributed by atoms with Crippen molar-refractivity contribution in [2.24, 2.45) is 11.8 Å². The summed E-state index contributed by atoms with van der Waals surface area (Å²) >= 11 is 0. The molecule has 1 aliphatic carbocycles. The summed E-state index contributed by atoms with van der Waals surface area (Å²) in [6, 6.07) is 9.74. The van der Waals surface area contributed by atoms with Crippen LogP contribution in [-0.2, 0) is 34.9 Å². The van der Waals surface area contributed by atoms with Crippen molar-refractivity contribution in [2.45, 2.75) is 49.0 Å². The molecule has 1 saturated carbocycles. The number of rotatable bonds is 9. The normalized spacial score (nSPS) is 34.1. The summed E-state index contributed by atoms with van der Waals surface area (Å²) < 4.78 is 45.4. The second kappa shape index (κ2) is 11.5. The minimum atomic E-state index is -2.16. The Hall–Kier alpha value is -3.17. The molecule has 2 fully saturated rings. The quantitative estimate of drug-likeness (QED) is 0.296. The molecular formula is C29H36O13. The maximum Gasteiger partial charge on any atom is 0.311 e. The number of hydrogen-bond donors (Lipinski definition) is 4. The third-order valence-electron chi connectivity index (χ3n) is 8.47. The molecule has 0 unspecified atom stereocenters. The van der Waals surface area contributed by atoms with Crippen LogP contribution in [0.3, 0.4) is 0 Å². The minimum absolute atomic E-state index is 0.0364. The molecule has 9 atom stereocenters. The molecule has 13 nitrogen and oxygen atoms in total. The number of hydrogen-bond acceptors (Lipinski definition) is 13. The first-order valence-corrected chi connectivity index (χ1v) is 13.4. The van der Waals surface area contributed by atoms with E-state index in [-0.39, 0.29) is 29.4 Å². The lowest BCUT2D eigenvalue weighted by atomic mass is 9.73. The molecule has 2 heterocycles. The summed E-state index contributed by atoms with van der Waals surface area (Å²) in [4.78, 5) is 12.9. The predicted octanol–water partition coefficient (Wildman–Crippen LogP) is 0.425. The lowest BCUT2D eigenvalue weighted by molar-refractivity contribution is -0.324. The maximum absolute atomic E-state index is 12.9. The molecule has 0 amide bonds. The molecule has 5 rings (SSSR count). The summed E-state index contributed by atoms with van der Waals surface area (Å²) in [5, 5.41) is 43.6. The molecule has 0 aromatic heterocycles. The van der Waals surface area contributed by atoms with Crippen LogP contribution in [-0.4, -0.2) is 98.9 Å². The Morgan fingerprint density at radius 2 is 1.79 bits per heavy atom. The standard InChI is InChI=1S/C29H36O13/c1-14-22(25(33)37-4)24(32)28(34)23-19(36-3)10-17(40-27-26(38-5)39-13-21(41-27)18(31)12-30)11-20(23)42-29(14,28)15-6-8-16(35-2)9-7-15/h6-11,14,18,21-22,24,26-27,30-32,34H,12-13H2,1-5H3/t14-,18-,21-,22-,24-,26-,27-,28+,29-/m1/s1. The van der Waals surface area contributed by atoms with Crippen molar-refractivity contribution in [3.8, 4) is 23.0 Å². The second-order valence-electron chi connectivity index (χ2n) is 10.5. The van der Waals surface area contributed by atoms with E-state index < -0.39 is 66.5 Å². The first-order chi connectivity index (χ1) is 20.1. The lowest BCUT2D eigenvalue weighted by Crippen LogP contribution is -2.52. The van der Waals surface area contributed by atoms with Crippen molar-refractivity contribution < 1.29 is 63.1 Å². The van der Waals surface area contributed by atoms with E-state index in [2.05, 4.69) is 0 Å². The Morgan fingerprint density at radius 3 is 2.38 bits per heavy atom. The molecule has 0 spiro atoms. The summed E-state index contributed by atoms with van der Waals surface area (Å²) in [6.45, 7) is 1.12. The second-order valence-corrected chi connectivity index (χ2v) is 10.5. The Balaban J connectivity index is 1.61. The minimum Gasteiger partial charge on any atom is -0.497 e. The molecule has 42 heavy (non-hydrogen) atoms. The summed E-state index contributed by atoms with van der Waals surface area (Å²) in [7, 11) is 5.52. The molecule has 2 aromatic rings. The fourth-order valence-electron chi connectivity index (χ4n) is 6.39. The predicted molar refractivity (Wildman–Crippen MR) is 142 cm³/mol. The van der Waals surface area contributed by atoms with Gasteiger partial charge >= 0.3 is 5.97 Å². The van der Waals surface area contributed by atoms with E-state index in [0.29, 0.717) is 11.3 Å². The highest BCUT2D eigenvalue weighted by Crippen LogP contribution is 2.67. The Labute approximate surface area is 242 Å². The Bertz CT molecular complexity index is 1290. The van der Waals surface area contributed by atoms with Crippen LogP contribution >= 0.6 is 0 Å². The van der Waals surface area contributed by atoms with Gasteiger partial charge in [-0.3, -0.25) is 4.79 Å². The van der Waals surface area contributed by atoms with Gasteiger partial charge in [0.2, 0.25) is 6.29 Å². The highest BCUT2D eigenvalue weighted by molar-refractivity contribution is 5.76. The van der Waals surface area contributed by atoms with E-state index in [4.69, 9.17) is 37.9 Å². The molecule has 4 N–H and O–H groups in total. The largest absolute Gasteiger partial charge is 0.497 e.